The SMILES string of the molecule is CCCc1c(NN)ncnc1Oc1cccc(CC)c1. The number of nitrogens with zero attached hydrogens (tertiary/aromatic N) is 2. The second-order valence-corrected chi connectivity index (χ2v) is 4.50. The van der Waals surface area contributed by atoms with E-state index in [9.17, 15) is 0 Å². The van der Waals surface area contributed by atoms with Gasteiger partial charge in [0, 0.05) is 0 Å². The number of aryl methyl sites for hydroxylation is 1. The van der Waals surface area contributed by atoms with Crippen molar-refractivity contribution in [3.63, 3.8) is 0 Å². The number of aromatic nitrogens is 2. The van der Waals surface area contributed by atoms with Gasteiger partial charge in [0.2, 0.25) is 5.88 Å². The van der Waals surface area contributed by atoms with Gasteiger partial charge >= 0.3 is 0 Å². The predicted molar refractivity (Wildman–Crippen MR) is 79.7 cm³/mol. The Bertz CT molecular complexity index is 572. The van der Waals surface area contributed by atoms with Crippen molar-refractivity contribution in [1.82, 2.24) is 9.97 Å². The van der Waals surface area contributed by atoms with Crippen molar-refractivity contribution in [2.45, 2.75) is 33.1 Å². The summed E-state index contributed by atoms with van der Waals surface area (Å²) in [5.41, 5.74) is 4.73. The summed E-state index contributed by atoms with van der Waals surface area (Å²) in [4.78, 5) is 8.35. The fourth-order valence-corrected chi connectivity index (χ4v) is 2.02. The summed E-state index contributed by atoms with van der Waals surface area (Å²) < 4.78 is 5.90. The third-order valence-electron chi connectivity index (χ3n) is 3.06. The molecule has 0 atom stereocenters. The fraction of sp³-hybridized carbons (Fsp3) is 0.333. The van der Waals surface area contributed by atoms with E-state index in [1.807, 2.05) is 18.2 Å². The molecule has 0 aliphatic rings. The predicted octanol–water partition coefficient (Wildman–Crippen LogP) is 3.07. The van der Waals surface area contributed by atoms with Gasteiger partial charge in [0.25, 0.3) is 0 Å². The molecule has 0 bridgehead atoms. The third kappa shape index (κ3) is 3.24. The zero-order valence-electron chi connectivity index (χ0n) is 11.9. The molecule has 0 amide bonds. The van der Waals surface area contributed by atoms with Crippen LogP contribution < -0.4 is 16.0 Å². The minimum atomic E-state index is 0.558. The maximum absolute atomic E-state index is 5.90. The van der Waals surface area contributed by atoms with Crippen molar-refractivity contribution < 1.29 is 4.74 Å². The van der Waals surface area contributed by atoms with E-state index >= 15 is 0 Å². The number of nitrogens with one attached hydrogen (secondary N) is 1. The average molecular weight is 272 g/mol. The highest BCUT2D eigenvalue weighted by atomic mass is 16.5. The fourth-order valence-electron chi connectivity index (χ4n) is 2.02. The van der Waals surface area contributed by atoms with Crippen LogP contribution in [0.5, 0.6) is 11.6 Å². The number of hydrazine groups is 1. The van der Waals surface area contributed by atoms with E-state index in [-0.39, 0.29) is 0 Å². The molecule has 2 rings (SSSR count). The van der Waals surface area contributed by atoms with Crippen LogP contribution in [0.15, 0.2) is 30.6 Å². The van der Waals surface area contributed by atoms with Crippen molar-refractivity contribution in [2.75, 3.05) is 5.43 Å². The Hall–Kier alpha value is -2.14. The molecule has 0 spiro atoms. The quantitative estimate of drug-likeness (QED) is 0.624. The molecular weight excluding hydrogens is 252 g/mol. The van der Waals surface area contributed by atoms with Gasteiger partial charge in [0.1, 0.15) is 17.9 Å². The normalized spacial score (nSPS) is 10.3. The van der Waals surface area contributed by atoms with Crippen LogP contribution in [0, 0.1) is 0 Å². The number of benzene rings is 1. The molecule has 106 valence electrons. The first-order valence-electron chi connectivity index (χ1n) is 6.85. The highest BCUT2D eigenvalue weighted by molar-refractivity contribution is 5.49. The molecule has 0 radical (unpaired) electrons. The van der Waals surface area contributed by atoms with E-state index in [0.29, 0.717) is 11.7 Å². The molecule has 1 aromatic heterocycles. The molecule has 1 heterocycles. The highest BCUT2D eigenvalue weighted by Crippen LogP contribution is 2.28. The van der Waals surface area contributed by atoms with Gasteiger partial charge in [-0.2, -0.15) is 0 Å². The largest absolute Gasteiger partial charge is 0.439 e. The van der Waals surface area contributed by atoms with Crippen LogP contribution in [0.2, 0.25) is 0 Å². The van der Waals surface area contributed by atoms with E-state index in [1.54, 1.807) is 0 Å². The molecule has 0 unspecified atom stereocenters. The Morgan fingerprint density at radius 2 is 2.10 bits per heavy atom. The second-order valence-electron chi connectivity index (χ2n) is 4.50. The van der Waals surface area contributed by atoms with Crippen LogP contribution in [0.1, 0.15) is 31.4 Å². The topological polar surface area (TPSA) is 73.1 Å². The number of hydrogen-bond acceptors (Lipinski definition) is 5. The van der Waals surface area contributed by atoms with Gasteiger partial charge in [-0.15, -0.1) is 0 Å². The van der Waals surface area contributed by atoms with E-state index in [0.717, 1.165) is 30.6 Å². The molecule has 1 aromatic carbocycles. The summed E-state index contributed by atoms with van der Waals surface area (Å²) in [6.45, 7) is 4.21. The van der Waals surface area contributed by atoms with Gasteiger partial charge in [-0.25, -0.2) is 15.8 Å². The molecule has 0 aliphatic carbocycles. The molecule has 2 aromatic rings. The van der Waals surface area contributed by atoms with Crippen LogP contribution in [0.4, 0.5) is 5.82 Å². The Kier molecular flexibility index (Phi) is 4.90. The van der Waals surface area contributed by atoms with Crippen molar-refractivity contribution in [3.05, 3.63) is 41.7 Å². The summed E-state index contributed by atoms with van der Waals surface area (Å²) in [7, 11) is 0. The van der Waals surface area contributed by atoms with E-state index in [4.69, 9.17) is 10.6 Å². The first kappa shape index (κ1) is 14.3. The van der Waals surface area contributed by atoms with Gasteiger partial charge in [0.05, 0.1) is 5.56 Å². The number of anilines is 1. The smallest absolute Gasteiger partial charge is 0.227 e. The maximum atomic E-state index is 5.90. The molecule has 5 nitrogen and oxygen atoms in total. The number of rotatable bonds is 6. The van der Waals surface area contributed by atoms with Gasteiger partial charge in [-0.3, -0.25) is 0 Å². The minimum Gasteiger partial charge on any atom is -0.439 e. The van der Waals surface area contributed by atoms with Gasteiger partial charge in [-0.1, -0.05) is 32.4 Å². The monoisotopic (exact) mass is 272 g/mol. The second kappa shape index (κ2) is 6.86. The minimum absolute atomic E-state index is 0.558. The van der Waals surface area contributed by atoms with Crippen LogP contribution in [-0.2, 0) is 12.8 Å². The number of nitrogen functional groups attached to an aromatic ring is 1. The zero-order valence-corrected chi connectivity index (χ0v) is 11.9. The van der Waals surface area contributed by atoms with Crippen molar-refractivity contribution in [2.24, 2.45) is 5.84 Å². The molecule has 0 saturated carbocycles. The van der Waals surface area contributed by atoms with Crippen molar-refractivity contribution in [1.29, 1.82) is 0 Å². The maximum Gasteiger partial charge on any atom is 0.227 e. The van der Waals surface area contributed by atoms with Gasteiger partial charge in [0.15, 0.2) is 0 Å². The molecular formula is C15H20N4O. The summed E-state index contributed by atoms with van der Waals surface area (Å²) in [5, 5.41) is 0. The lowest BCUT2D eigenvalue weighted by molar-refractivity contribution is 0.454. The number of ether oxygens (including phenoxy) is 1. The Morgan fingerprint density at radius 1 is 1.25 bits per heavy atom. The van der Waals surface area contributed by atoms with Crippen molar-refractivity contribution >= 4 is 5.82 Å². The summed E-state index contributed by atoms with van der Waals surface area (Å²) in [6, 6.07) is 8.00. The lowest BCUT2D eigenvalue weighted by atomic mass is 10.1. The van der Waals surface area contributed by atoms with Gasteiger partial charge in [-0.05, 0) is 30.5 Å². The van der Waals surface area contributed by atoms with E-state index in [2.05, 4.69) is 35.3 Å². The molecule has 3 N–H and O–H groups in total. The Morgan fingerprint density at radius 3 is 2.80 bits per heavy atom. The lowest BCUT2D eigenvalue weighted by Gasteiger charge is -2.12. The standard InChI is InChI=1S/C15H20N4O/c1-3-6-13-14(19-16)17-10-18-15(13)20-12-8-5-7-11(4-2)9-12/h5,7-10H,3-4,6,16H2,1-2H3,(H,17,18,19). The van der Waals surface area contributed by atoms with Crippen LogP contribution >= 0.6 is 0 Å². The number of nitrogens with two attached hydrogens (primary N) is 1. The average Bonchev–Trinajstić information content (AvgIpc) is 2.49. The first-order valence-corrected chi connectivity index (χ1v) is 6.85. The summed E-state index contributed by atoms with van der Waals surface area (Å²) in [5.74, 6) is 7.45. The molecule has 0 aliphatic heterocycles. The highest BCUT2D eigenvalue weighted by Gasteiger charge is 2.12. The molecule has 0 saturated heterocycles. The third-order valence-corrected chi connectivity index (χ3v) is 3.06. The Balaban J connectivity index is 2.32. The van der Waals surface area contributed by atoms with Gasteiger partial charge < -0.3 is 10.2 Å². The zero-order chi connectivity index (χ0) is 14.4. The van der Waals surface area contributed by atoms with E-state index < -0.39 is 0 Å². The molecule has 5 heteroatoms. The van der Waals surface area contributed by atoms with Crippen LogP contribution in [0.3, 0.4) is 0 Å². The summed E-state index contributed by atoms with van der Waals surface area (Å²) >= 11 is 0. The number of hydrogen-bond donors (Lipinski definition) is 2. The first-order chi connectivity index (χ1) is 9.78. The van der Waals surface area contributed by atoms with Crippen molar-refractivity contribution in [3.8, 4) is 11.6 Å². The molecule has 0 fully saturated rings. The molecule has 20 heavy (non-hydrogen) atoms. The van der Waals surface area contributed by atoms with Crippen LogP contribution in [-0.4, -0.2) is 9.97 Å². The Labute approximate surface area is 119 Å². The van der Waals surface area contributed by atoms with Crippen LogP contribution in [0.25, 0.3) is 0 Å². The van der Waals surface area contributed by atoms with E-state index in [1.165, 1.54) is 11.9 Å². The summed E-state index contributed by atoms with van der Waals surface area (Å²) in [6.07, 6.45) is 4.20. The lowest BCUT2D eigenvalue weighted by Crippen LogP contribution is -2.12.